The van der Waals surface area contributed by atoms with Crippen molar-refractivity contribution in [3.05, 3.63) is 27.2 Å². The fraction of sp³-hybridized carbons (Fsp3) is 0.250. The second kappa shape index (κ2) is 3.70. The lowest BCUT2D eigenvalue weighted by atomic mass is 10.1. The summed E-state index contributed by atoms with van der Waals surface area (Å²) < 4.78 is 30.7. The van der Waals surface area contributed by atoms with E-state index in [0.29, 0.717) is 11.1 Å². The Morgan fingerprint density at radius 2 is 1.71 bits per heavy atom. The normalized spacial score (nSPS) is 11.8. The Morgan fingerprint density at radius 1 is 1.21 bits per heavy atom. The molecule has 0 aliphatic rings. The van der Waals surface area contributed by atoms with Gasteiger partial charge in [0, 0.05) is 10.0 Å². The second-order valence-electron chi connectivity index (χ2n) is 2.90. The van der Waals surface area contributed by atoms with E-state index in [1.165, 1.54) is 13.0 Å². The van der Waals surface area contributed by atoms with Gasteiger partial charge >= 0.3 is 0 Å². The standard InChI is InChI=1S/C8H8Cl2O3S/c1-4-6(9)3-7(14(11,12)13)5(2)8(4)10/h3H,1-2H3,(H,11,12,13). The second-order valence-corrected chi connectivity index (χ2v) is 5.07. The van der Waals surface area contributed by atoms with Gasteiger partial charge in [0.05, 0.1) is 4.90 Å². The van der Waals surface area contributed by atoms with Crippen LogP contribution in [0.1, 0.15) is 11.1 Å². The first-order valence-corrected chi connectivity index (χ1v) is 5.87. The van der Waals surface area contributed by atoms with Crippen LogP contribution in [0.2, 0.25) is 10.0 Å². The van der Waals surface area contributed by atoms with E-state index in [0.717, 1.165) is 0 Å². The third-order valence-corrected chi connectivity index (χ3v) is 3.86. The molecule has 0 aliphatic carbocycles. The quantitative estimate of drug-likeness (QED) is 0.785. The van der Waals surface area contributed by atoms with E-state index in [1.807, 2.05) is 0 Å². The van der Waals surface area contributed by atoms with Crippen molar-refractivity contribution >= 4 is 33.3 Å². The van der Waals surface area contributed by atoms with Gasteiger partial charge in [-0.3, -0.25) is 4.55 Å². The van der Waals surface area contributed by atoms with Crippen LogP contribution in [0.5, 0.6) is 0 Å². The van der Waals surface area contributed by atoms with E-state index in [9.17, 15) is 8.42 Å². The third kappa shape index (κ3) is 2.03. The summed E-state index contributed by atoms with van der Waals surface area (Å²) in [6, 6.07) is 1.19. The maximum absolute atomic E-state index is 10.9. The average Bonchev–Trinajstić information content (AvgIpc) is 2.06. The minimum atomic E-state index is -4.26. The lowest BCUT2D eigenvalue weighted by Crippen LogP contribution is -2.02. The number of hydrogen-bond donors (Lipinski definition) is 1. The van der Waals surface area contributed by atoms with Gasteiger partial charge in [0.25, 0.3) is 10.1 Å². The lowest BCUT2D eigenvalue weighted by molar-refractivity contribution is 0.482. The molecule has 1 rings (SSSR count). The summed E-state index contributed by atoms with van der Waals surface area (Å²) in [5.41, 5.74) is 0.898. The minimum absolute atomic E-state index is 0.216. The Balaban J connectivity index is 3.66. The van der Waals surface area contributed by atoms with E-state index >= 15 is 0 Å². The van der Waals surface area contributed by atoms with Crippen LogP contribution in [0.3, 0.4) is 0 Å². The Morgan fingerprint density at radius 3 is 2.14 bits per heavy atom. The maximum Gasteiger partial charge on any atom is 0.294 e. The first-order chi connectivity index (χ1) is 6.25. The molecule has 0 saturated carbocycles. The molecule has 1 aromatic carbocycles. The molecule has 0 radical (unpaired) electrons. The highest BCUT2D eigenvalue weighted by Gasteiger charge is 2.18. The fourth-order valence-corrected chi connectivity index (χ4v) is 2.43. The van der Waals surface area contributed by atoms with E-state index < -0.39 is 10.1 Å². The number of halogens is 2. The molecular weight excluding hydrogens is 247 g/mol. The molecule has 0 amide bonds. The molecule has 6 heteroatoms. The Hall–Kier alpha value is -0.290. The van der Waals surface area contributed by atoms with Crippen LogP contribution in [0.25, 0.3) is 0 Å². The highest BCUT2D eigenvalue weighted by atomic mass is 35.5. The fourth-order valence-electron chi connectivity index (χ4n) is 1.09. The number of benzene rings is 1. The molecule has 0 spiro atoms. The molecule has 78 valence electrons. The predicted octanol–water partition coefficient (Wildman–Crippen LogP) is 2.86. The molecule has 0 aliphatic heterocycles. The van der Waals surface area contributed by atoms with Crippen LogP contribution in [-0.4, -0.2) is 13.0 Å². The smallest absolute Gasteiger partial charge is 0.282 e. The summed E-state index contributed by atoms with van der Waals surface area (Å²) in [7, 11) is -4.26. The molecule has 0 bridgehead atoms. The van der Waals surface area contributed by atoms with Crippen molar-refractivity contribution in [3.63, 3.8) is 0 Å². The first kappa shape index (κ1) is 11.8. The van der Waals surface area contributed by atoms with Crippen molar-refractivity contribution in [2.24, 2.45) is 0 Å². The summed E-state index contributed by atoms with van der Waals surface area (Å²) >= 11 is 11.6. The zero-order valence-electron chi connectivity index (χ0n) is 7.51. The van der Waals surface area contributed by atoms with Crippen LogP contribution < -0.4 is 0 Å². The van der Waals surface area contributed by atoms with Gasteiger partial charge in [-0.1, -0.05) is 23.2 Å². The first-order valence-electron chi connectivity index (χ1n) is 3.68. The molecule has 1 aromatic rings. The highest BCUT2D eigenvalue weighted by molar-refractivity contribution is 7.85. The molecule has 0 heterocycles. The maximum atomic E-state index is 10.9. The van der Waals surface area contributed by atoms with Crippen molar-refractivity contribution in [2.75, 3.05) is 0 Å². The topological polar surface area (TPSA) is 54.4 Å². The van der Waals surface area contributed by atoms with Crippen molar-refractivity contribution in [2.45, 2.75) is 18.7 Å². The molecule has 0 unspecified atom stereocenters. The summed E-state index contributed by atoms with van der Waals surface area (Å²) in [6.45, 7) is 3.18. The van der Waals surface area contributed by atoms with Crippen molar-refractivity contribution in [1.82, 2.24) is 0 Å². The average molecular weight is 255 g/mol. The monoisotopic (exact) mass is 254 g/mol. The molecule has 0 aromatic heterocycles. The minimum Gasteiger partial charge on any atom is -0.282 e. The van der Waals surface area contributed by atoms with Crippen molar-refractivity contribution in [1.29, 1.82) is 0 Å². The van der Waals surface area contributed by atoms with Gasteiger partial charge in [-0.15, -0.1) is 0 Å². The molecule has 0 atom stereocenters. The van der Waals surface area contributed by atoms with Crippen LogP contribution in [0, 0.1) is 13.8 Å². The molecular formula is C8H8Cl2O3S. The van der Waals surface area contributed by atoms with Gasteiger partial charge in [-0.2, -0.15) is 8.42 Å². The number of hydrogen-bond acceptors (Lipinski definition) is 2. The summed E-state index contributed by atoms with van der Waals surface area (Å²) in [5, 5.41) is 0.471. The zero-order valence-corrected chi connectivity index (χ0v) is 9.83. The largest absolute Gasteiger partial charge is 0.294 e. The van der Waals surface area contributed by atoms with Gasteiger partial charge in [0.15, 0.2) is 0 Å². The van der Waals surface area contributed by atoms with E-state index in [4.69, 9.17) is 27.8 Å². The summed E-state index contributed by atoms with van der Waals surface area (Å²) in [5.74, 6) is 0. The third-order valence-electron chi connectivity index (χ3n) is 1.92. The van der Waals surface area contributed by atoms with Gasteiger partial charge in [-0.25, -0.2) is 0 Å². The Bertz CT molecular complexity index is 480. The van der Waals surface area contributed by atoms with E-state index in [1.54, 1.807) is 6.92 Å². The summed E-state index contributed by atoms with van der Waals surface area (Å²) in [6.07, 6.45) is 0. The molecule has 14 heavy (non-hydrogen) atoms. The van der Waals surface area contributed by atoms with Crippen LogP contribution in [0.15, 0.2) is 11.0 Å². The number of rotatable bonds is 1. The van der Waals surface area contributed by atoms with Gasteiger partial charge in [0.2, 0.25) is 0 Å². The molecule has 0 fully saturated rings. The zero-order chi connectivity index (χ0) is 11.1. The summed E-state index contributed by atoms with van der Waals surface area (Å²) in [4.78, 5) is -0.252. The van der Waals surface area contributed by atoms with Gasteiger partial charge < -0.3 is 0 Å². The highest BCUT2D eigenvalue weighted by Crippen LogP contribution is 2.31. The Kier molecular flexibility index (Phi) is 3.11. The van der Waals surface area contributed by atoms with Crippen LogP contribution in [-0.2, 0) is 10.1 Å². The molecule has 1 N–H and O–H groups in total. The lowest BCUT2D eigenvalue weighted by Gasteiger charge is -2.08. The van der Waals surface area contributed by atoms with Crippen molar-refractivity contribution < 1.29 is 13.0 Å². The molecule has 0 saturated heterocycles. The van der Waals surface area contributed by atoms with E-state index in [2.05, 4.69) is 0 Å². The Labute approximate surface area is 92.4 Å². The van der Waals surface area contributed by atoms with Gasteiger partial charge in [-0.05, 0) is 31.0 Å². The van der Waals surface area contributed by atoms with E-state index in [-0.39, 0.29) is 14.9 Å². The molecule has 3 nitrogen and oxygen atoms in total. The van der Waals surface area contributed by atoms with Crippen LogP contribution >= 0.6 is 23.2 Å². The SMILES string of the molecule is Cc1c(Cl)cc(S(=O)(=O)O)c(C)c1Cl. The van der Waals surface area contributed by atoms with Crippen molar-refractivity contribution in [3.8, 4) is 0 Å². The van der Waals surface area contributed by atoms with Crippen LogP contribution in [0.4, 0.5) is 0 Å². The predicted molar refractivity (Wildman–Crippen MR) is 55.8 cm³/mol. The van der Waals surface area contributed by atoms with Gasteiger partial charge in [0.1, 0.15) is 0 Å².